The van der Waals surface area contributed by atoms with Gasteiger partial charge in [-0.25, -0.2) is 9.97 Å². The van der Waals surface area contributed by atoms with Gasteiger partial charge in [0.05, 0.1) is 32.6 Å². The average molecular weight is 383 g/mol. The van der Waals surface area contributed by atoms with Gasteiger partial charge in [-0.15, -0.1) is 22.7 Å². The lowest BCUT2D eigenvalue weighted by molar-refractivity contribution is 0.415. The van der Waals surface area contributed by atoms with Crippen molar-refractivity contribution < 1.29 is 4.74 Å². The Morgan fingerprint density at radius 2 is 1.73 bits per heavy atom. The van der Waals surface area contributed by atoms with Gasteiger partial charge in [0.1, 0.15) is 10.8 Å². The molecule has 4 aromatic rings. The maximum absolute atomic E-state index is 5.34. The number of thiazole rings is 2. The van der Waals surface area contributed by atoms with Crippen LogP contribution in [0.1, 0.15) is 49.2 Å². The number of hydrogen-bond donors (Lipinski definition) is 0. The van der Waals surface area contributed by atoms with Gasteiger partial charge in [0.25, 0.3) is 0 Å². The molecule has 2 heterocycles. The number of nitrogens with zero attached hydrogens (tertiary/aromatic N) is 2. The molecule has 0 saturated carbocycles. The molecule has 0 amide bonds. The minimum absolute atomic E-state index is 0.174. The molecule has 0 radical (unpaired) electrons. The van der Waals surface area contributed by atoms with Gasteiger partial charge in [-0.1, -0.05) is 19.9 Å². The molecule has 2 aromatic carbocycles. The van der Waals surface area contributed by atoms with Gasteiger partial charge < -0.3 is 4.74 Å². The predicted octanol–water partition coefficient (Wildman–Crippen LogP) is 6.36. The quantitative estimate of drug-likeness (QED) is 0.412. The number of ether oxygens (including phenoxy) is 1. The van der Waals surface area contributed by atoms with Crippen molar-refractivity contribution in [3.05, 3.63) is 52.0 Å². The molecule has 0 N–H and O–H groups in total. The van der Waals surface area contributed by atoms with Crippen molar-refractivity contribution in [1.82, 2.24) is 9.97 Å². The highest BCUT2D eigenvalue weighted by Gasteiger charge is 2.28. The molecule has 0 aliphatic heterocycles. The van der Waals surface area contributed by atoms with Crippen molar-refractivity contribution in [3.8, 4) is 5.75 Å². The predicted molar refractivity (Wildman–Crippen MR) is 112 cm³/mol. The van der Waals surface area contributed by atoms with E-state index in [4.69, 9.17) is 14.7 Å². The molecule has 0 saturated heterocycles. The van der Waals surface area contributed by atoms with Crippen LogP contribution >= 0.6 is 22.7 Å². The lowest BCUT2D eigenvalue weighted by Gasteiger charge is -2.22. The minimum Gasteiger partial charge on any atom is -0.497 e. The first-order valence-corrected chi connectivity index (χ1v) is 10.4. The third-order valence-corrected chi connectivity index (χ3v) is 7.43. The number of benzene rings is 2. The van der Waals surface area contributed by atoms with E-state index in [0.29, 0.717) is 5.92 Å². The summed E-state index contributed by atoms with van der Waals surface area (Å²) in [5, 5.41) is 2.31. The lowest BCUT2D eigenvalue weighted by atomic mass is 9.85. The summed E-state index contributed by atoms with van der Waals surface area (Å²) in [5.41, 5.74) is 3.19. The summed E-state index contributed by atoms with van der Waals surface area (Å²) in [5.74, 6) is 1.33. The van der Waals surface area contributed by atoms with Crippen LogP contribution in [0.15, 0.2) is 36.4 Å². The zero-order valence-electron chi connectivity index (χ0n) is 15.7. The summed E-state index contributed by atoms with van der Waals surface area (Å²) in [6.45, 7) is 8.85. The fourth-order valence-electron chi connectivity index (χ4n) is 3.00. The maximum atomic E-state index is 5.34. The van der Waals surface area contributed by atoms with Crippen LogP contribution in [0.4, 0.5) is 0 Å². The van der Waals surface area contributed by atoms with Crippen molar-refractivity contribution in [3.63, 3.8) is 0 Å². The molecule has 26 heavy (non-hydrogen) atoms. The maximum Gasteiger partial charge on any atom is 0.120 e. The molecule has 3 nitrogen and oxygen atoms in total. The van der Waals surface area contributed by atoms with Gasteiger partial charge in [-0.2, -0.15) is 0 Å². The molecule has 4 rings (SSSR count). The molecular formula is C21H22N2OS2. The van der Waals surface area contributed by atoms with Gasteiger partial charge in [0, 0.05) is 11.3 Å². The highest BCUT2D eigenvalue weighted by atomic mass is 32.1. The molecule has 2 aromatic heterocycles. The zero-order valence-corrected chi connectivity index (χ0v) is 17.3. The number of methoxy groups -OCH3 is 1. The molecule has 5 heteroatoms. The van der Waals surface area contributed by atoms with E-state index in [1.807, 2.05) is 12.1 Å². The molecule has 0 unspecified atom stereocenters. The summed E-state index contributed by atoms with van der Waals surface area (Å²) in [6, 6.07) is 12.7. The lowest BCUT2D eigenvalue weighted by Crippen LogP contribution is -2.18. The molecule has 0 aliphatic carbocycles. The fraction of sp³-hybridized carbons (Fsp3) is 0.333. The van der Waals surface area contributed by atoms with Crippen LogP contribution in [0.5, 0.6) is 5.75 Å². The van der Waals surface area contributed by atoms with E-state index in [9.17, 15) is 0 Å². The smallest absolute Gasteiger partial charge is 0.120 e. The van der Waals surface area contributed by atoms with E-state index < -0.39 is 0 Å². The van der Waals surface area contributed by atoms with Crippen LogP contribution in [0, 0.1) is 0 Å². The standard InChI is InChI=1S/C21H22N2OS2/c1-12(2)19-22-16-10-13(6-9-17(16)25-19)21(3,4)20-23-15-8-7-14(24-5)11-18(15)26-20/h6-12H,1-5H3. The van der Waals surface area contributed by atoms with Crippen molar-refractivity contribution >= 4 is 43.1 Å². The van der Waals surface area contributed by atoms with E-state index in [2.05, 4.69) is 52.0 Å². The summed E-state index contributed by atoms with van der Waals surface area (Å²) in [6.07, 6.45) is 0. The average Bonchev–Trinajstić information content (AvgIpc) is 3.24. The molecule has 0 atom stereocenters. The molecule has 134 valence electrons. The van der Waals surface area contributed by atoms with Crippen molar-refractivity contribution in [2.24, 2.45) is 0 Å². The Morgan fingerprint density at radius 3 is 2.46 bits per heavy atom. The van der Waals surface area contributed by atoms with Crippen molar-refractivity contribution in [1.29, 1.82) is 0 Å². The minimum atomic E-state index is -0.174. The van der Waals surface area contributed by atoms with Crippen LogP contribution in [-0.4, -0.2) is 17.1 Å². The summed E-state index contributed by atoms with van der Waals surface area (Å²) in [7, 11) is 1.70. The largest absolute Gasteiger partial charge is 0.497 e. The summed E-state index contributed by atoms with van der Waals surface area (Å²) >= 11 is 3.53. The normalized spacial score (nSPS) is 12.4. The highest BCUT2D eigenvalue weighted by molar-refractivity contribution is 7.19. The second kappa shape index (κ2) is 6.32. The van der Waals surface area contributed by atoms with Crippen LogP contribution in [-0.2, 0) is 5.41 Å². The summed E-state index contributed by atoms with van der Waals surface area (Å²) < 4.78 is 7.75. The van der Waals surface area contributed by atoms with E-state index in [1.165, 1.54) is 15.3 Å². The van der Waals surface area contributed by atoms with Crippen LogP contribution in [0.2, 0.25) is 0 Å². The zero-order chi connectivity index (χ0) is 18.5. The van der Waals surface area contributed by atoms with Crippen LogP contribution < -0.4 is 4.74 Å². The third kappa shape index (κ3) is 2.89. The van der Waals surface area contributed by atoms with E-state index >= 15 is 0 Å². The van der Waals surface area contributed by atoms with E-state index in [1.54, 1.807) is 29.8 Å². The van der Waals surface area contributed by atoms with E-state index in [-0.39, 0.29) is 5.41 Å². The van der Waals surface area contributed by atoms with Crippen LogP contribution in [0.25, 0.3) is 20.4 Å². The Balaban J connectivity index is 1.78. The first-order valence-electron chi connectivity index (χ1n) is 8.74. The SMILES string of the molecule is COc1ccc2nc(C(C)(C)c3ccc4sc(C(C)C)nc4c3)sc2c1. The third-order valence-electron chi connectivity index (χ3n) is 4.75. The molecule has 0 aliphatic rings. The van der Waals surface area contributed by atoms with Gasteiger partial charge in [-0.05, 0) is 49.7 Å². The first kappa shape index (κ1) is 17.4. The van der Waals surface area contributed by atoms with E-state index in [0.717, 1.165) is 26.5 Å². The van der Waals surface area contributed by atoms with Gasteiger partial charge in [0.15, 0.2) is 0 Å². The van der Waals surface area contributed by atoms with Crippen molar-refractivity contribution in [2.75, 3.05) is 7.11 Å². The van der Waals surface area contributed by atoms with Crippen LogP contribution in [0.3, 0.4) is 0 Å². The van der Waals surface area contributed by atoms with Crippen molar-refractivity contribution in [2.45, 2.75) is 39.0 Å². The number of rotatable bonds is 4. The first-order chi connectivity index (χ1) is 12.4. The van der Waals surface area contributed by atoms with Gasteiger partial charge >= 0.3 is 0 Å². The number of fused-ring (bicyclic) bond motifs is 2. The monoisotopic (exact) mass is 382 g/mol. The molecule has 0 fully saturated rings. The summed E-state index contributed by atoms with van der Waals surface area (Å²) in [4.78, 5) is 9.73. The van der Waals surface area contributed by atoms with Gasteiger partial charge in [-0.3, -0.25) is 0 Å². The highest BCUT2D eigenvalue weighted by Crippen LogP contribution is 2.39. The molecular weight excluding hydrogens is 360 g/mol. The Hall–Kier alpha value is -1.98. The topological polar surface area (TPSA) is 35.0 Å². The Labute approximate surface area is 161 Å². The molecule has 0 spiro atoms. The van der Waals surface area contributed by atoms with Gasteiger partial charge in [0.2, 0.25) is 0 Å². The fourth-order valence-corrected chi connectivity index (χ4v) is 5.07. The Kier molecular flexibility index (Phi) is 4.24. The Morgan fingerprint density at radius 1 is 0.923 bits per heavy atom. The molecule has 0 bridgehead atoms. The number of hydrogen-bond acceptors (Lipinski definition) is 5. The number of aromatic nitrogens is 2. The second-order valence-electron chi connectivity index (χ2n) is 7.37. The Bertz CT molecular complexity index is 1090. The second-order valence-corrected chi connectivity index (χ2v) is 9.46.